The number of rotatable bonds is 6. The first-order valence-corrected chi connectivity index (χ1v) is 8.37. The fourth-order valence-electron chi connectivity index (χ4n) is 2.38. The zero-order valence-corrected chi connectivity index (χ0v) is 13.0. The molecule has 1 heterocycles. The van der Waals surface area contributed by atoms with Gasteiger partial charge in [0.2, 0.25) is 0 Å². The highest BCUT2D eigenvalue weighted by molar-refractivity contribution is 8.00. The molecule has 19 heavy (non-hydrogen) atoms. The zero-order chi connectivity index (χ0) is 13.8. The highest BCUT2D eigenvalue weighted by Crippen LogP contribution is 2.45. The van der Waals surface area contributed by atoms with Gasteiger partial charge >= 0.3 is 0 Å². The van der Waals surface area contributed by atoms with Crippen LogP contribution in [0.2, 0.25) is 0 Å². The Labute approximate surface area is 120 Å². The normalized spacial score (nSPS) is 29.3. The number of hydrogen-bond acceptors (Lipinski definition) is 3. The lowest BCUT2D eigenvalue weighted by atomic mass is 10.1. The summed E-state index contributed by atoms with van der Waals surface area (Å²) in [6.45, 7) is 7.27. The molecule has 1 aliphatic heterocycles. The molecule has 1 saturated heterocycles. The van der Waals surface area contributed by atoms with Crippen LogP contribution in [0.25, 0.3) is 0 Å². The van der Waals surface area contributed by atoms with Crippen LogP contribution in [0.5, 0.6) is 0 Å². The van der Waals surface area contributed by atoms with E-state index in [0.717, 1.165) is 38.4 Å². The molecule has 0 radical (unpaired) electrons. The average molecular weight is 285 g/mol. The first kappa shape index (κ1) is 15.0. The molecule has 1 unspecified atom stereocenters. The van der Waals surface area contributed by atoms with Crippen molar-refractivity contribution in [3.63, 3.8) is 0 Å². The fraction of sp³-hybridized carbons (Fsp3) is 0.929. The van der Waals surface area contributed by atoms with E-state index in [1.165, 1.54) is 18.6 Å². The first-order valence-electron chi connectivity index (χ1n) is 7.38. The minimum Gasteiger partial charge on any atom is -0.396 e. The third kappa shape index (κ3) is 4.28. The molecule has 4 nitrogen and oxygen atoms in total. The molecule has 0 aromatic rings. The van der Waals surface area contributed by atoms with Gasteiger partial charge < -0.3 is 15.7 Å². The third-order valence-corrected chi connectivity index (χ3v) is 5.68. The summed E-state index contributed by atoms with van der Waals surface area (Å²) in [5, 5.41) is 16.1. The van der Waals surface area contributed by atoms with Gasteiger partial charge in [0.15, 0.2) is 5.96 Å². The number of aliphatic hydroxyl groups is 1. The van der Waals surface area contributed by atoms with Crippen molar-refractivity contribution in [1.29, 1.82) is 0 Å². The van der Waals surface area contributed by atoms with E-state index in [1.54, 1.807) is 0 Å². The maximum absolute atomic E-state index is 9.33. The van der Waals surface area contributed by atoms with E-state index in [1.807, 2.05) is 0 Å². The van der Waals surface area contributed by atoms with Gasteiger partial charge in [0.05, 0.1) is 13.2 Å². The summed E-state index contributed by atoms with van der Waals surface area (Å²) >= 11 is 2.06. The summed E-state index contributed by atoms with van der Waals surface area (Å²) in [7, 11) is 0. The van der Waals surface area contributed by atoms with Crippen molar-refractivity contribution < 1.29 is 5.11 Å². The van der Waals surface area contributed by atoms with E-state index in [-0.39, 0.29) is 12.0 Å². The van der Waals surface area contributed by atoms with E-state index in [0.29, 0.717) is 4.75 Å². The summed E-state index contributed by atoms with van der Waals surface area (Å²) in [6.07, 6.45) is 4.83. The first-order chi connectivity index (χ1) is 9.11. The molecule has 2 rings (SSSR count). The molecule has 0 amide bonds. The van der Waals surface area contributed by atoms with Crippen molar-refractivity contribution in [3.05, 3.63) is 0 Å². The standard InChI is InChI=1S/C14H27N3OS/c1-3-15-12(17-10-14(11-18)6-7-14)16-9-13(2)5-4-8-19-13/h18H,3-11H2,1-2H3,(H2,15,16,17). The van der Waals surface area contributed by atoms with Crippen LogP contribution in [-0.2, 0) is 0 Å². The topological polar surface area (TPSA) is 56.7 Å². The van der Waals surface area contributed by atoms with Crippen LogP contribution in [0.1, 0.15) is 39.5 Å². The van der Waals surface area contributed by atoms with Gasteiger partial charge in [0.1, 0.15) is 0 Å². The van der Waals surface area contributed by atoms with Crippen molar-refractivity contribution in [2.24, 2.45) is 10.4 Å². The summed E-state index contributed by atoms with van der Waals surface area (Å²) in [5.74, 6) is 2.18. The SMILES string of the molecule is CCNC(=NCC1(CO)CC1)NCC1(C)CCCS1. The van der Waals surface area contributed by atoms with Gasteiger partial charge in [-0.25, -0.2) is 0 Å². The summed E-state index contributed by atoms with van der Waals surface area (Å²) in [4.78, 5) is 4.64. The van der Waals surface area contributed by atoms with Crippen molar-refractivity contribution in [1.82, 2.24) is 10.6 Å². The van der Waals surface area contributed by atoms with Crippen LogP contribution in [0.4, 0.5) is 0 Å². The molecule has 1 atom stereocenters. The van der Waals surface area contributed by atoms with E-state index >= 15 is 0 Å². The molecule has 3 N–H and O–H groups in total. The van der Waals surface area contributed by atoms with Crippen molar-refractivity contribution in [3.8, 4) is 0 Å². The molecule has 0 aromatic carbocycles. The van der Waals surface area contributed by atoms with E-state index in [2.05, 4.69) is 41.2 Å². The van der Waals surface area contributed by atoms with Gasteiger partial charge in [-0.15, -0.1) is 0 Å². The Morgan fingerprint density at radius 2 is 2.11 bits per heavy atom. The van der Waals surface area contributed by atoms with Crippen molar-refractivity contribution >= 4 is 17.7 Å². The summed E-state index contributed by atoms with van der Waals surface area (Å²) in [5.41, 5.74) is 0.0916. The maximum atomic E-state index is 9.33. The summed E-state index contributed by atoms with van der Waals surface area (Å²) in [6, 6.07) is 0. The number of nitrogens with zero attached hydrogens (tertiary/aromatic N) is 1. The third-order valence-electron chi connectivity index (χ3n) is 4.14. The van der Waals surface area contributed by atoms with Gasteiger partial charge in [-0.1, -0.05) is 0 Å². The Hall–Kier alpha value is -0.420. The van der Waals surface area contributed by atoms with E-state index in [9.17, 15) is 5.11 Å². The second-order valence-electron chi connectivity index (χ2n) is 6.11. The second kappa shape index (κ2) is 6.35. The largest absolute Gasteiger partial charge is 0.396 e. The quantitative estimate of drug-likeness (QED) is 0.512. The Morgan fingerprint density at radius 1 is 1.32 bits per heavy atom. The van der Waals surface area contributed by atoms with Crippen LogP contribution in [-0.4, -0.2) is 47.8 Å². The number of nitrogens with one attached hydrogen (secondary N) is 2. The lowest BCUT2D eigenvalue weighted by Crippen LogP contribution is -2.44. The number of guanidine groups is 1. The zero-order valence-electron chi connectivity index (χ0n) is 12.2. The maximum Gasteiger partial charge on any atom is 0.191 e. The van der Waals surface area contributed by atoms with Gasteiger partial charge in [-0.3, -0.25) is 4.99 Å². The number of hydrogen-bond donors (Lipinski definition) is 3. The fourth-order valence-corrected chi connectivity index (χ4v) is 3.62. The van der Waals surface area contributed by atoms with E-state index in [4.69, 9.17) is 0 Å². The van der Waals surface area contributed by atoms with E-state index < -0.39 is 0 Å². The highest BCUT2D eigenvalue weighted by atomic mass is 32.2. The molecule has 2 aliphatic rings. The van der Waals surface area contributed by atoms with Crippen LogP contribution >= 0.6 is 11.8 Å². The number of aliphatic hydroxyl groups excluding tert-OH is 1. The molecule has 0 bridgehead atoms. The minimum atomic E-state index is 0.0916. The smallest absolute Gasteiger partial charge is 0.191 e. The minimum absolute atomic E-state index is 0.0916. The lowest BCUT2D eigenvalue weighted by Gasteiger charge is -2.24. The van der Waals surface area contributed by atoms with Crippen LogP contribution in [0.3, 0.4) is 0 Å². The van der Waals surface area contributed by atoms with Crippen molar-refractivity contribution in [2.75, 3.05) is 32.0 Å². The summed E-state index contributed by atoms with van der Waals surface area (Å²) < 4.78 is 0.352. The molecule has 0 spiro atoms. The molecule has 0 aromatic heterocycles. The second-order valence-corrected chi connectivity index (χ2v) is 7.79. The van der Waals surface area contributed by atoms with Gasteiger partial charge in [-0.2, -0.15) is 11.8 Å². The van der Waals surface area contributed by atoms with Crippen LogP contribution < -0.4 is 10.6 Å². The molecule has 1 saturated carbocycles. The Bertz CT molecular complexity index is 323. The monoisotopic (exact) mass is 285 g/mol. The predicted octanol–water partition coefficient (Wildman–Crippen LogP) is 1.60. The molecule has 110 valence electrons. The van der Waals surface area contributed by atoms with Crippen LogP contribution in [0, 0.1) is 5.41 Å². The van der Waals surface area contributed by atoms with Gasteiger partial charge in [0.25, 0.3) is 0 Å². The number of thioether (sulfide) groups is 1. The molecular formula is C14H27N3OS. The van der Waals surface area contributed by atoms with Gasteiger partial charge in [0, 0.05) is 23.3 Å². The Kier molecular flexibility index (Phi) is 5.01. The lowest BCUT2D eigenvalue weighted by molar-refractivity contribution is 0.217. The number of aliphatic imine (C=N–C) groups is 1. The predicted molar refractivity (Wildman–Crippen MR) is 82.8 cm³/mol. The van der Waals surface area contributed by atoms with Gasteiger partial charge in [-0.05, 0) is 45.3 Å². The molecule has 1 aliphatic carbocycles. The Balaban J connectivity index is 1.83. The highest BCUT2D eigenvalue weighted by Gasteiger charge is 2.41. The molecular weight excluding hydrogens is 258 g/mol. The van der Waals surface area contributed by atoms with Crippen LogP contribution in [0.15, 0.2) is 4.99 Å². The Morgan fingerprint density at radius 3 is 2.63 bits per heavy atom. The molecule has 5 heteroatoms. The molecule has 2 fully saturated rings. The average Bonchev–Trinajstić information content (AvgIpc) is 3.08. The van der Waals surface area contributed by atoms with Crippen molar-refractivity contribution in [2.45, 2.75) is 44.3 Å².